The van der Waals surface area contributed by atoms with E-state index in [1.807, 2.05) is 13.0 Å². The van der Waals surface area contributed by atoms with Gasteiger partial charge in [0.15, 0.2) is 0 Å². The van der Waals surface area contributed by atoms with Gasteiger partial charge in [-0.05, 0) is 18.6 Å². The summed E-state index contributed by atoms with van der Waals surface area (Å²) in [7, 11) is 0. The average molecular weight is 155 g/mol. The van der Waals surface area contributed by atoms with Crippen LogP contribution in [0, 0.1) is 4.64 Å². The SMILES string of the molecule is CCc1ccc(O)c(=S)[nH]1. The molecule has 10 heavy (non-hydrogen) atoms. The fourth-order valence-corrected chi connectivity index (χ4v) is 0.912. The standard InChI is InChI=1S/C7H9NOS/c1-2-5-3-4-6(9)7(10)8-5/h3-4,9H,2H2,1H3,(H,8,10). The van der Waals surface area contributed by atoms with E-state index in [1.54, 1.807) is 6.07 Å². The number of aromatic hydroxyl groups is 1. The number of pyridine rings is 1. The Balaban J connectivity index is 3.17. The summed E-state index contributed by atoms with van der Waals surface area (Å²) in [5.41, 5.74) is 1.04. The number of H-pyrrole nitrogens is 1. The van der Waals surface area contributed by atoms with Crippen molar-refractivity contribution in [2.45, 2.75) is 13.3 Å². The van der Waals surface area contributed by atoms with Crippen LogP contribution in [0.1, 0.15) is 12.6 Å². The van der Waals surface area contributed by atoms with Crippen LogP contribution in [0.25, 0.3) is 0 Å². The minimum atomic E-state index is 0.146. The molecule has 0 fully saturated rings. The van der Waals surface area contributed by atoms with Gasteiger partial charge < -0.3 is 10.1 Å². The van der Waals surface area contributed by atoms with E-state index in [-0.39, 0.29) is 5.75 Å². The van der Waals surface area contributed by atoms with Crippen LogP contribution >= 0.6 is 12.2 Å². The van der Waals surface area contributed by atoms with Gasteiger partial charge in [-0.2, -0.15) is 0 Å². The van der Waals surface area contributed by atoms with Crippen molar-refractivity contribution in [1.82, 2.24) is 4.98 Å². The van der Waals surface area contributed by atoms with Crippen LogP contribution in [-0.4, -0.2) is 10.1 Å². The first-order chi connectivity index (χ1) is 4.74. The maximum atomic E-state index is 9.00. The summed E-state index contributed by atoms with van der Waals surface area (Å²) in [6.45, 7) is 2.03. The van der Waals surface area contributed by atoms with E-state index in [4.69, 9.17) is 17.3 Å². The van der Waals surface area contributed by atoms with Crippen molar-refractivity contribution in [1.29, 1.82) is 0 Å². The predicted molar refractivity (Wildman–Crippen MR) is 42.7 cm³/mol. The van der Waals surface area contributed by atoms with E-state index in [0.717, 1.165) is 12.1 Å². The highest BCUT2D eigenvalue weighted by Crippen LogP contribution is 2.09. The fraction of sp³-hybridized carbons (Fsp3) is 0.286. The Kier molecular flexibility index (Phi) is 2.06. The Morgan fingerprint density at radius 3 is 2.80 bits per heavy atom. The highest BCUT2D eigenvalue weighted by molar-refractivity contribution is 7.71. The number of aromatic amines is 1. The smallest absolute Gasteiger partial charge is 0.150 e. The van der Waals surface area contributed by atoms with Crippen molar-refractivity contribution in [3.8, 4) is 5.75 Å². The van der Waals surface area contributed by atoms with Crippen molar-refractivity contribution in [2.75, 3.05) is 0 Å². The van der Waals surface area contributed by atoms with Crippen molar-refractivity contribution >= 4 is 12.2 Å². The molecule has 0 atom stereocenters. The zero-order valence-corrected chi connectivity index (χ0v) is 6.53. The second-order valence-corrected chi connectivity index (χ2v) is 2.46. The number of nitrogens with one attached hydrogen (secondary N) is 1. The van der Waals surface area contributed by atoms with Gasteiger partial charge in [0.05, 0.1) is 0 Å². The van der Waals surface area contributed by atoms with Gasteiger partial charge in [0, 0.05) is 5.69 Å². The minimum absolute atomic E-state index is 0.146. The Morgan fingerprint density at radius 2 is 2.30 bits per heavy atom. The van der Waals surface area contributed by atoms with Crippen LogP contribution in [0.5, 0.6) is 5.75 Å². The van der Waals surface area contributed by atoms with Crippen LogP contribution in [0.2, 0.25) is 0 Å². The van der Waals surface area contributed by atoms with E-state index < -0.39 is 0 Å². The van der Waals surface area contributed by atoms with Crippen molar-refractivity contribution in [3.63, 3.8) is 0 Å². The number of rotatable bonds is 1. The molecule has 2 N–H and O–H groups in total. The van der Waals surface area contributed by atoms with Gasteiger partial charge in [-0.25, -0.2) is 0 Å². The molecular weight excluding hydrogens is 146 g/mol. The molecule has 0 spiro atoms. The highest BCUT2D eigenvalue weighted by atomic mass is 32.1. The molecule has 3 heteroatoms. The molecule has 1 heterocycles. The third-order valence-corrected chi connectivity index (χ3v) is 1.64. The lowest BCUT2D eigenvalue weighted by Crippen LogP contribution is -1.85. The lowest BCUT2D eigenvalue weighted by atomic mass is 10.3. The summed E-state index contributed by atoms with van der Waals surface area (Å²) in [4.78, 5) is 2.89. The van der Waals surface area contributed by atoms with E-state index in [9.17, 15) is 0 Å². The molecule has 0 aliphatic carbocycles. The molecule has 1 aromatic heterocycles. The molecule has 0 amide bonds. The summed E-state index contributed by atoms with van der Waals surface area (Å²) in [6.07, 6.45) is 0.907. The number of aryl methyl sites for hydroxylation is 1. The summed E-state index contributed by atoms with van der Waals surface area (Å²) >= 11 is 4.80. The Labute approximate surface area is 64.5 Å². The summed E-state index contributed by atoms with van der Waals surface area (Å²) in [5, 5.41) is 9.00. The maximum Gasteiger partial charge on any atom is 0.150 e. The zero-order chi connectivity index (χ0) is 7.56. The second kappa shape index (κ2) is 2.84. The quantitative estimate of drug-likeness (QED) is 0.608. The molecule has 1 aromatic rings. The molecule has 1 rings (SSSR count). The van der Waals surface area contributed by atoms with E-state index in [2.05, 4.69) is 4.98 Å². The summed E-state index contributed by atoms with van der Waals surface area (Å²) in [6, 6.07) is 3.43. The molecule has 2 nitrogen and oxygen atoms in total. The highest BCUT2D eigenvalue weighted by Gasteiger charge is 1.91. The molecule has 0 radical (unpaired) electrons. The third-order valence-electron chi connectivity index (χ3n) is 1.33. The van der Waals surface area contributed by atoms with Crippen LogP contribution in [-0.2, 0) is 6.42 Å². The van der Waals surface area contributed by atoms with Crippen molar-refractivity contribution < 1.29 is 5.11 Å². The first kappa shape index (κ1) is 7.28. The molecule has 0 aromatic carbocycles. The van der Waals surface area contributed by atoms with E-state index in [0.29, 0.717) is 4.64 Å². The lowest BCUT2D eigenvalue weighted by Gasteiger charge is -1.96. The molecular formula is C7H9NOS. The fourth-order valence-electron chi connectivity index (χ4n) is 0.713. The van der Waals surface area contributed by atoms with Crippen molar-refractivity contribution in [3.05, 3.63) is 22.5 Å². The normalized spacial score (nSPS) is 9.70. The topological polar surface area (TPSA) is 36.0 Å². The number of hydrogen-bond donors (Lipinski definition) is 2. The maximum absolute atomic E-state index is 9.00. The first-order valence-electron chi connectivity index (χ1n) is 3.15. The van der Waals surface area contributed by atoms with Crippen LogP contribution in [0.3, 0.4) is 0 Å². The molecule has 0 saturated carbocycles. The van der Waals surface area contributed by atoms with Gasteiger partial charge in [-0.1, -0.05) is 19.1 Å². The summed E-state index contributed by atoms with van der Waals surface area (Å²) < 4.78 is 0.416. The Hall–Kier alpha value is -0.830. The molecule has 0 aliphatic heterocycles. The molecule has 54 valence electrons. The average Bonchev–Trinajstić information content (AvgIpc) is 1.95. The number of aromatic nitrogens is 1. The zero-order valence-electron chi connectivity index (χ0n) is 5.72. The van der Waals surface area contributed by atoms with Gasteiger partial charge >= 0.3 is 0 Å². The van der Waals surface area contributed by atoms with E-state index in [1.165, 1.54) is 0 Å². The first-order valence-corrected chi connectivity index (χ1v) is 3.56. The third kappa shape index (κ3) is 1.36. The van der Waals surface area contributed by atoms with Crippen LogP contribution in [0.4, 0.5) is 0 Å². The summed E-state index contributed by atoms with van der Waals surface area (Å²) in [5.74, 6) is 0.146. The monoisotopic (exact) mass is 155 g/mol. The van der Waals surface area contributed by atoms with Crippen molar-refractivity contribution in [2.24, 2.45) is 0 Å². The molecule has 0 unspecified atom stereocenters. The molecule has 0 aliphatic rings. The minimum Gasteiger partial charge on any atom is -0.505 e. The largest absolute Gasteiger partial charge is 0.505 e. The van der Waals surface area contributed by atoms with Crippen LogP contribution in [0.15, 0.2) is 12.1 Å². The van der Waals surface area contributed by atoms with Gasteiger partial charge in [-0.15, -0.1) is 0 Å². The number of hydrogen-bond acceptors (Lipinski definition) is 2. The van der Waals surface area contributed by atoms with Gasteiger partial charge in [0.2, 0.25) is 0 Å². The molecule has 0 saturated heterocycles. The predicted octanol–water partition coefficient (Wildman–Crippen LogP) is 2.01. The van der Waals surface area contributed by atoms with Gasteiger partial charge in [-0.3, -0.25) is 0 Å². The molecule has 0 bridgehead atoms. The Morgan fingerprint density at radius 1 is 1.60 bits per heavy atom. The van der Waals surface area contributed by atoms with Gasteiger partial charge in [0.25, 0.3) is 0 Å². The van der Waals surface area contributed by atoms with E-state index >= 15 is 0 Å². The van der Waals surface area contributed by atoms with Gasteiger partial charge in [0.1, 0.15) is 10.4 Å². The Bertz CT molecular complexity index is 279. The lowest BCUT2D eigenvalue weighted by molar-refractivity contribution is 0.469. The van der Waals surface area contributed by atoms with Crippen LogP contribution < -0.4 is 0 Å². The second-order valence-electron chi connectivity index (χ2n) is 2.05.